The molecular weight excluding hydrogens is 196 g/mol. The molecule has 0 aromatic carbocycles. The molecule has 4 N–H and O–H groups in total. The molecular formula is C10H18N2O3. The van der Waals surface area contributed by atoms with E-state index in [2.05, 4.69) is 5.32 Å². The van der Waals surface area contributed by atoms with E-state index in [9.17, 15) is 4.79 Å². The average Bonchev–Trinajstić information content (AvgIpc) is 2.91. The second kappa shape index (κ2) is 4.08. The largest absolute Gasteiger partial charge is 0.396 e. The monoisotopic (exact) mass is 214 g/mol. The Morgan fingerprint density at radius 3 is 2.73 bits per heavy atom. The van der Waals surface area contributed by atoms with Crippen molar-refractivity contribution in [3.8, 4) is 0 Å². The molecule has 5 heteroatoms. The van der Waals surface area contributed by atoms with Crippen LogP contribution in [0.15, 0.2) is 0 Å². The van der Waals surface area contributed by atoms with E-state index in [1.54, 1.807) is 0 Å². The fourth-order valence-electron chi connectivity index (χ4n) is 1.81. The first kappa shape index (κ1) is 10.9. The molecule has 0 radical (unpaired) electrons. The number of rotatable bonds is 4. The number of hydrogen-bond donors (Lipinski definition) is 3. The van der Waals surface area contributed by atoms with Gasteiger partial charge in [0.1, 0.15) is 0 Å². The summed E-state index contributed by atoms with van der Waals surface area (Å²) in [7, 11) is 0. The van der Waals surface area contributed by atoms with Crippen molar-refractivity contribution in [3.63, 3.8) is 0 Å². The van der Waals surface area contributed by atoms with Crippen molar-refractivity contribution in [1.82, 2.24) is 5.32 Å². The molecule has 0 bridgehead atoms. The van der Waals surface area contributed by atoms with Gasteiger partial charge < -0.3 is 20.9 Å². The quantitative estimate of drug-likeness (QED) is 0.551. The van der Waals surface area contributed by atoms with E-state index >= 15 is 0 Å². The molecule has 1 heterocycles. The molecule has 5 nitrogen and oxygen atoms in total. The summed E-state index contributed by atoms with van der Waals surface area (Å²) in [4.78, 5) is 11.7. The van der Waals surface area contributed by atoms with Gasteiger partial charge in [0, 0.05) is 18.0 Å². The van der Waals surface area contributed by atoms with Gasteiger partial charge in [0.2, 0.25) is 5.91 Å². The molecule has 1 saturated heterocycles. The van der Waals surface area contributed by atoms with Gasteiger partial charge in [-0.25, -0.2) is 0 Å². The van der Waals surface area contributed by atoms with E-state index in [-0.39, 0.29) is 29.9 Å². The van der Waals surface area contributed by atoms with Crippen LogP contribution in [0.3, 0.4) is 0 Å². The average molecular weight is 214 g/mol. The van der Waals surface area contributed by atoms with Crippen LogP contribution in [0.2, 0.25) is 0 Å². The summed E-state index contributed by atoms with van der Waals surface area (Å²) in [5, 5.41) is 11.9. The molecule has 0 aromatic heterocycles. The standard InChI is InChI=1S/C10H18N2O3/c11-8-4-15-3-7(8)9(14)12-5-10(6-13)1-2-10/h7-8,13H,1-6,11H2,(H,12,14). The second-order valence-electron chi connectivity index (χ2n) is 4.68. The summed E-state index contributed by atoms with van der Waals surface area (Å²) in [5.41, 5.74) is 5.69. The smallest absolute Gasteiger partial charge is 0.227 e. The van der Waals surface area contributed by atoms with Crippen molar-refractivity contribution in [2.24, 2.45) is 17.1 Å². The normalized spacial score (nSPS) is 32.7. The van der Waals surface area contributed by atoms with Crippen LogP contribution in [0.25, 0.3) is 0 Å². The Kier molecular flexibility index (Phi) is 2.95. The van der Waals surface area contributed by atoms with Crippen LogP contribution in [-0.2, 0) is 9.53 Å². The number of hydrogen-bond acceptors (Lipinski definition) is 4. The SMILES string of the molecule is NC1COCC1C(=O)NCC1(CO)CC1. The first-order valence-corrected chi connectivity index (χ1v) is 5.39. The number of nitrogens with two attached hydrogens (primary N) is 1. The van der Waals surface area contributed by atoms with Crippen molar-refractivity contribution in [2.75, 3.05) is 26.4 Å². The van der Waals surface area contributed by atoms with E-state index < -0.39 is 0 Å². The summed E-state index contributed by atoms with van der Waals surface area (Å²) < 4.78 is 5.13. The second-order valence-corrected chi connectivity index (χ2v) is 4.68. The maximum absolute atomic E-state index is 11.7. The van der Waals surface area contributed by atoms with Crippen LogP contribution in [0.5, 0.6) is 0 Å². The highest BCUT2D eigenvalue weighted by Gasteiger charge is 2.43. The lowest BCUT2D eigenvalue weighted by Gasteiger charge is -2.16. The summed E-state index contributed by atoms with van der Waals surface area (Å²) in [6.45, 7) is 1.59. The topological polar surface area (TPSA) is 84.6 Å². The van der Waals surface area contributed by atoms with Crippen LogP contribution in [0.1, 0.15) is 12.8 Å². The molecule has 2 fully saturated rings. The van der Waals surface area contributed by atoms with Crippen LogP contribution >= 0.6 is 0 Å². The third-order valence-corrected chi connectivity index (χ3v) is 3.39. The Labute approximate surface area is 89.0 Å². The maximum Gasteiger partial charge on any atom is 0.227 e. The Bertz CT molecular complexity index is 253. The van der Waals surface area contributed by atoms with Gasteiger partial charge in [0.25, 0.3) is 0 Å². The van der Waals surface area contributed by atoms with Gasteiger partial charge in [-0.1, -0.05) is 0 Å². The van der Waals surface area contributed by atoms with Gasteiger partial charge in [0.05, 0.1) is 25.7 Å². The van der Waals surface area contributed by atoms with Gasteiger partial charge in [0.15, 0.2) is 0 Å². The number of ether oxygens (including phenoxy) is 1. The highest BCUT2D eigenvalue weighted by molar-refractivity contribution is 5.79. The van der Waals surface area contributed by atoms with Crippen LogP contribution < -0.4 is 11.1 Å². The molecule has 0 aromatic rings. The maximum atomic E-state index is 11.7. The third-order valence-electron chi connectivity index (χ3n) is 3.39. The number of nitrogens with one attached hydrogen (secondary N) is 1. The number of amides is 1. The van der Waals surface area contributed by atoms with Crippen molar-refractivity contribution < 1.29 is 14.6 Å². The molecule has 1 amide bonds. The van der Waals surface area contributed by atoms with E-state index in [0.717, 1.165) is 12.8 Å². The van der Waals surface area contributed by atoms with Crippen LogP contribution in [0.4, 0.5) is 0 Å². The number of carbonyl (C=O) groups is 1. The zero-order valence-corrected chi connectivity index (χ0v) is 8.74. The van der Waals surface area contributed by atoms with E-state index in [1.807, 2.05) is 0 Å². The Morgan fingerprint density at radius 2 is 2.27 bits per heavy atom. The molecule has 1 aliphatic carbocycles. The minimum absolute atomic E-state index is 0.0419. The van der Waals surface area contributed by atoms with Gasteiger partial charge >= 0.3 is 0 Å². The molecule has 2 aliphatic rings. The van der Waals surface area contributed by atoms with Gasteiger partial charge in [-0.3, -0.25) is 4.79 Å². The minimum atomic E-state index is -0.223. The lowest BCUT2D eigenvalue weighted by atomic mass is 10.0. The molecule has 1 saturated carbocycles. The molecule has 0 spiro atoms. The first-order valence-electron chi connectivity index (χ1n) is 5.39. The summed E-state index contributed by atoms with van der Waals surface area (Å²) in [6, 6.07) is -0.186. The molecule has 15 heavy (non-hydrogen) atoms. The number of aliphatic hydroxyl groups excluding tert-OH is 1. The van der Waals surface area contributed by atoms with E-state index in [4.69, 9.17) is 15.6 Å². The fourth-order valence-corrected chi connectivity index (χ4v) is 1.81. The van der Waals surface area contributed by atoms with Crippen LogP contribution in [-0.4, -0.2) is 43.4 Å². The summed E-state index contributed by atoms with van der Waals surface area (Å²) in [6.07, 6.45) is 1.99. The Morgan fingerprint density at radius 1 is 1.53 bits per heavy atom. The Hall–Kier alpha value is -0.650. The third kappa shape index (κ3) is 2.30. The van der Waals surface area contributed by atoms with E-state index in [0.29, 0.717) is 19.8 Å². The predicted molar refractivity (Wildman–Crippen MR) is 54.0 cm³/mol. The van der Waals surface area contributed by atoms with Crippen LogP contribution in [0, 0.1) is 11.3 Å². The molecule has 2 rings (SSSR count). The van der Waals surface area contributed by atoms with E-state index in [1.165, 1.54) is 0 Å². The van der Waals surface area contributed by atoms with Crippen molar-refractivity contribution in [1.29, 1.82) is 0 Å². The lowest BCUT2D eigenvalue weighted by molar-refractivity contribution is -0.125. The van der Waals surface area contributed by atoms with Gasteiger partial charge in [-0.2, -0.15) is 0 Å². The van der Waals surface area contributed by atoms with Gasteiger partial charge in [-0.15, -0.1) is 0 Å². The first-order chi connectivity index (χ1) is 7.17. The molecule has 2 atom stereocenters. The fraction of sp³-hybridized carbons (Fsp3) is 0.900. The highest BCUT2D eigenvalue weighted by Crippen LogP contribution is 2.44. The molecule has 1 aliphatic heterocycles. The van der Waals surface area contributed by atoms with Crippen molar-refractivity contribution >= 4 is 5.91 Å². The Balaban J connectivity index is 1.77. The van der Waals surface area contributed by atoms with Crippen molar-refractivity contribution in [3.05, 3.63) is 0 Å². The predicted octanol–water partition coefficient (Wildman–Crippen LogP) is -1.15. The molecule has 2 unspecified atom stereocenters. The zero-order chi connectivity index (χ0) is 10.9. The zero-order valence-electron chi connectivity index (χ0n) is 8.74. The summed E-state index contributed by atoms with van der Waals surface area (Å²) in [5.74, 6) is -0.265. The lowest BCUT2D eigenvalue weighted by Crippen LogP contribution is -2.43. The van der Waals surface area contributed by atoms with Crippen molar-refractivity contribution in [2.45, 2.75) is 18.9 Å². The summed E-state index contributed by atoms with van der Waals surface area (Å²) >= 11 is 0. The highest BCUT2D eigenvalue weighted by atomic mass is 16.5. The van der Waals surface area contributed by atoms with Gasteiger partial charge in [-0.05, 0) is 12.8 Å². The number of carbonyl (C=O) groups excluding carboxylic acids is 1. The molecule has 86 valence electrons. The number of aliphatic hydroxyl groups is 1. The minimum Gasteiger partial charge on any atom is -0.396 e.